The van der Waals surface area contributed by atoms with Gasteiger partial charge in [-0.1, -0.05) is 0 Å². The van der Waals surface area contributed by atoms with Crippen LogP contribution in [0.5, 0.6) is 0 Å². The van der Waals surface area contributed by atoms with Crippen LogP contribution in [0.15, 0.2) is 0 Å². The van der Waals surface area contributed by atoms with Gasteiger partial charge in [0, 0.05) is 12.8 Å². The second-order valence-corrected chi connectivity index (χ2v) is 6.57. The molecule has 1 aliphatic rings. The van der Waals surface area contributed by atoms with Gasteiger partial charge >= 0.3 is 0 Å². The van der Waals surface area contributed by atoms with Crippen LogP contribution in [0.2, 0.25) is 0 Å². The third-order valence-corrected chi connectivity index (χ3v) is 3.67. The maximum absolute atomic E-state index is 2.44. The highest BCUT2D eigenvalue weighted by Crippen LogP contribution is 2.17. The molecule has 0 amide bonds. The van der Waals surface area contributed by atoms with E-state index in [1.165, 1.54) is 62.8 Å². The van der Waals surface area contributed by atoms with Gasteiger partial charge in [-0.15, -0.1) is 0 Å². The molecular weight excluding hydrogens is 200 g/mol. The second-order valence-electron chi connectivity index (χ2n) is 6.57. The van der Waals surface area contributed by atoms with E-state index < -0.39 is 0 Å². The predicted octanol–water partition coefficient (Wildman–Crippen LogP) is 1.28. The number of hydrogen-bond acceptors (Lipinski definition) is 0. The standard InChI is InChI=1S/C13H30N2.H2O/c1-14(2,3)10-6-5-7-11-15(4)12-8-9-13-15;/h5-13H2,1-4H3;1H2/q+2;. The van der Waals surface area contributed by atoms with Crippen LogP contribution in [0.3, 0.4) is 0 Å². The Morgan fingerprint density at radius 2 is 1.50 bits per heavy atom. The largest absolute Gasteiger partial charge is 0.412 e. The van der Waals surface area contributed by atoms with Crippen LogP contribution >= 0.6 is 0 Å². The smallest absolute Gasteiger partial charge is 0.0786 e. The summed E-state index contributed by atoms with van der Waals surface area (Å²) in [5.41, 5.74) is 0. The Morgan fingerprint density at radius 1 is 0.938 bits per heavy atom. The maximum atomic E-state index is 2.44. The van der Waals surface area contributed by atoms with Gasteiger partial charge in [0.2, 0.25) is 0 Å². The first kappa shape index (κ1) is 15.9. The fourth-order valence-electron chi connectivity index (χ4n) is 2.58. The van der Waals surface area contributed by atoms with Crippen molar-refractivity contribution in [1.29, 1.82) is 0 Å². The predicted molar refractivity (Wildman–Crippen MR) is 70.4 cm³/mol. The summed E-state index contributed by atoms with van der Waals surface area (Å²) < 4.78 is 2.47. The van der Waals surface area contributed by atoms with Gasteiger partial charge in [0.05, 0.1) is 54.4 Å². The van der Waals surface area contributed by atoms with Crippen molar-refractivity contribution in [3.8, 4) is 0 Å². The van der Waals surface area contributed by atoms with Crippen molar-refractivity contribution in [2.24, 2.45) is 0 Å². The highest BCUT2D eigenvalue weighted by molar-refractivity contribution is 4.52. The number of nitrogens with zero attached hydrogens (tertiary/aromatic N) is 2. The fourth-order valence-corrected chi connectivity index (χ4v) is 2.58. The first-order valence-electron chi connectivity index (χ1n) is 6.55. The SMILES string of the molecule is C[N+](C)(C)CCCCC[N+]1(C)CCCC1.O. The van der Waals surface area contributed by atoms with Crippen LogP contribution in [0, 0.1) is 0 Å². The van der Waals surface area contributed by atoms with Crippen molar-refractivity contribution < 1.29 is 14.4 Å². The molecule has 0 atom stereocenters. The minimum absolute atomic E-state index is 0. The molecule has 16 heavy (non-hydrogen) atoms. The minimum Gasteiger partial charge on any atom is -0.412 e. The van der Waals surface area contributed by atoms with Crippen LogP contribution < -0.4 is 0 Å². The second kappa shape index (κ2) is 6.58. The van der Waals surface area contributed by atoms with E-state index in [-0.39, 0.29) is 5.48 Å². The van der Waals surface area contributed by atoms with Crippen LogP contribution in [0.4, 0.5) is 0 Å². The van der Waals surface area contributed by atoms with Gasteiger partial charge in [-0.3, -0.25) is 0 Å². The van der Waals surface area contributed by atoms with Gasteiger partial charge in [0.15, 0.2) is 0 Å². The van der Waals surface area contributed by atoms with Crippen molar-refractivity contribution >= 4 is 0 Å². The Balaban J connectivity index is 0.00000225. The molecule has 1 rings (SSSR count). The molecule has 1 heterocycles. The molecule has 1 aliphatic heterocycles. The molecule has 1 saturated heterocycles. The lowest BCUT2D eigenvalue weighted by molar-refractivity contribution is -0.898. The van der Waals surface area contributed by atoms with Gasteiger partial charge < -0.3 is 14.4 Å². The number of quaternary nitrogens is 2. The Labute approximate surface area is 102 Å². The summed E-state index contributed by atoms with van der Waals surface area (Å²) in [7, 11) is 9.30. The molecule has 0 spiro atoms. The van der Waals surface area contributed by atoms with Gasteiger partial charge in [-0.25, -0.2) is 0 Å². The average molecular weight is 232 g/mol. The van der Waals surface area contributed by atoms with E-state index in [1.54, 1.807) is 0 Å². The van der Waals surface area contributed by atoms with E-state index in [4.69, 9.17) is 0 Å². The molecular formula is C13H32N2O+2. The number of unbranched alkanes of at least 4 members (excludes halogenated alkanes) is 2. The van der Waals surface area contributed by atoms with Crippen molar-refractivity contribution in [2.75, 3.05) is 54.4 Å². The lowest BCUT2D eigenvalue weighted by Crippen LogP contribution is -2.41. The van der Waals surface area contributed by atoms with Crippen molar-refractivity contribution in [3.63, 3.8) is 0 Å². The summed E-state index contributed by atoms with van der Waals surface area (Å²) in [6.07, 6.45) is 7.15. The topological polar surface area (TPSA) is 31.5 Å². The molecule has 0 aromatic heterocycles. The Kier molecular flexibility index (Phi) is 6.53. The van der Waals surface area contributed by atoms with Crippen LogP contribution in [0.1, 0.15) is 32.1 Å². The summed E-state index contributed by atoms with van der Waals surface area (Å²) in [6.45, 7) is 5.59. The van der Waals surface area contributed by atoms with Gasteiger partial charge in [-0.05, 0) is 19.3 Å². The molecule has 0 bridgehead atoms. The Hall–Kier alpha value is -0.120. The van der Waals surface area contributed by atoms with Gasteiger partial charge in [0.1, 0.15) is 0 Å². The summed E-state index contributed by atoms with van der Waals surface area (Å²) in [6, 6.07) is 0. The lowest BCUT2D eigenvalue weighted by atomic mass is 10.2. The number of rotatable bonds is 6. The molecule has 0 saturated carbocycles. The molecule has 0 radical (unpaired) electrons. The number of hydrogen-bond donors (Lipinski definition) is 0. The maximum Gasteiger partial charge on any atom is 0.0786 e. The van der Waals surface area contributed by atoms with E-state index >= 15 is 0 Å². The molecule has 0 aromatic carbocycles. The average Bonchev–Trinajstić information content (AvgIpc) is 2.50. The summed E-state index contributed by atoms with van der Waals surface area (Å²) in [5, 5.41) is 0. The zero-order valence-corrected chi connectivity index (χ0v) is 11.8. The summed E-state index contributed by atoms with van der Waals surface area (Å²) >= 11 is 0. The van der Waals surface area contributed by atoms with Crippen LogP contribution in [0.25, 0.3) is 0 Å². The molecule has 2 N–H and O–H groups in total. The molecule has 98 valence electrons. The lowest BCUT2D eigenvalue weighted by Gasteiger charge is -2.29. The summed E-state index contributed by atoms with van der Waals surface area (Å²) in [4.78, 5) is 0. The normalized spacial score (nSPS) is 19.5. The highest BCUT2D eigenvalue weighted by Gasteiger charge is 2.25. The zero-order chi connectivity index (χ0) is 11.4. The van der Waals surface area contributed by atoms with Crippen molar-refractivity contribution in [3.05, 3.63) is 0 Å². The summed E-state index contributed by atoms with van der Waals surface area (Å²) in [5.74, 6) is 0. The fraction of sp³-hybridized carbons (Fsp3) is 1.00. The van der Waals surface area contributed by atoms with Crippen LogP contribution in [-0.4, -0.2) is 68.8 Å². The number of likely N-dealkylation sites (tertiary alicyclic amines) is 1. The van der Waals surface area contributed by atoms with Gasteiger partial charge in [-0.2, -0.15) is 0 Å². The first-order chi connectivity index (χ1) is 6.91. The van der Waals surface area contributed by atoms with Crippen molar-refractivity contribution in [1.82, 2.24) is 0 Å². The quantitative estimate of drug-likeness (QED) is 0.488. The highest BCUT2D eigenvalue weighted by atomic mass is 16.0. The van der Waals surface area contributed by atoms with Crippen LogP contribution in [-0.2, 0) is 0 Å². The van der Waals surface area contributed by atoms with E-state index in [0.717, 1.165) is 4.48 Å². The Bertz CT molecular complexity index is 181. The van der Waals surface area contributed by atoms with E-state index in [9.17, 15) is 0 Å². The first-order valence-corrected chi connectivity index (χ1v) is 6.55. The molecule has 0 aromatic rings. The third-order valence-electron chi connectivity index (χ3n) is 3.67. The van der Waals surface area contributed by atoms with E-state index in [0.29, 0.717) is 0 Å². The minimum atomic E-state index is 0. The molecule has 1 fully saturated rings. The molecule has 0 unspecified atom stereocenters. The molecule has 3 heteroatoms. The van der Waals surface area contributed by atoms with Crippen molar-refractivity contribution in [2.45, 2.75) is 32.1 Å². The molecule has 0 aliphatic carbocycles. The molecule has 3 nitrogen and oxygen atoms in total. The van der Waals surface area contributed by atoms with E-state index in [1.807, 2.05) is 0 Å². The Morgan fingerprint density at radius 3 is 2.00 bits per heavy atom. The van der Waals surface area contributed by atoms with E-state index in [2.05, 4.69) is 28.2 Å². The van der Waals surface area contributed by atoms with Gasteiger partial charge in [0.25, 0.3) is 0 Å². The third kappa shape index (κ3) is 6.46. The zero-order valence-electron chi connectivity index (χ0n) is 11.8. The monoisotopic (exact) mass is 232 g/mol.